The molecule has 0 fully saturated rings. The first kappa shape index (κ1) is 32.1. The summed E-state index contributed by atoms with van der Waals surface area (Å²) < 4.78 is 1.25. The van der Waals surface area contributed by atoms with Crippen LogP contribution in [0.1, 0.15) is 78.5 Å². The molecular weight excluding hydrogens is 695 g/mol. The molecule has 0 N–H and O–H groups in total. The molecule has 46 heavy (non-hydrogen) atoms. The van der Waals surface area contributed by atoms with Crippen LogP contribution in [0.3, 0.4) is 0 Å². The second-order valence-electron chi connectivity index (χ2n) is 15.2. The molecule has 0 saturated carbocycles. The minimum atomic E-state index is -4.17. The third-order valence-electron chi connectivity index (χ3n) is 10.0. The van der Waals surface area contributed by atoms with Crippen LogP contribution in [0.15, 0.2) is 103 Å². The van der Waals surface area contributed by atoms with E-state index < -0.39 is 27.4 Å². The second-order valence-corrected chi connectivity index (χ2v) is 31.1. The summed E-state index contributed by atoms with van der Waals surface area (Å²) in [5.41, 5.74) is 14.4. The van der Waals surface area contributed by atoms with Gasteiger partial charge in [-0.15, -0.1) is 0 Å². The van der Waals surface area contributed by atoms with E-state index in [2.05, 4.69) is 158 Å². The Kier molecular flexibility index (Phi) is 8.09. The third kappa shape index (κ3) is 5.48. The van der Waals surface area contributed by atoms with Crippen molar-refractivity contribution in [3.05, 3.63) is 137 Å². The minimum absolute atomic E-state index is 0.0218. The summed E-state index contributed by atoms with van der Waals surface area (Å²) in [5.74, 6) is 0. The van der Waals surface area contributed by atoms with E-state index in [1.54, 1.807) is 0 Å². The Balaban J connectivity index is 1.46. The van der Waals surface area contributed by atoms with Gasteiger partial charge in [-0.05, 0) is 0 Å². The summed E-state index contributed by atoms with van der Waals surface area (Å²) >= 11 is -4.17. The van der Waals surface area contributed by atoms with Crippen molar-refractivity contribution in [3.8, 4) is 22.3 Å². The molecule has 5 aromatic rings. The van der Waals surface area contributed by atoms with Crippen LogP contribution < -0.4 is 13.6 Å². The zero-order valence-electron chi connectivity index (χ0n) is 27.9. The molecule has 4 heteroatoms. The molecule has 0 saturated heterocycles. The predicted molar refractivity (Wildman–Crippen MR) is 202 cm³/mol. The number of halogens is 2. The number of aryl methyl sites for hydroxylation is 1. The molecule has 0 aromatic heterocycles. The molecule has 1 unspecified atom stereocenters. The van der Waals surface area contributed by atoms with E-state index in [-0.39, 0.29) is 14.5 Å². The number of fused-ring (bicyclic) bond motifs is 4. The average Bonchev–Trinajstić information content (AvgIpc) is 3.59. The number of benzene rings is 5. The molecule has 5 aromatic carbocycles. The Bertz CT molecular complexity index is 1990. The van der Waals surface area contributed by atoms with Crippen molar-refractivity contribution in [3.63, 3.8) is 0 Å². The quantitative estimate of drug-likeness (QED) is 0.158. The van der Waals surface area contributed by atoms with E-state index in [1.807, 2.05) is 0 Å². The fraction of sp³-hybridized carbons (Fsp3) is 0.238. The molecule has 232 valence electrons. The van der Waals surface area contributed by atoms with Crippen LogP contribution in [0.4, 0.5) is 0 Å². The number of hydrogen-bond donors (Lipinski definition) is 0. The molecule has 1 aliphatic carbocycles. The van der Waals surface area contributed by atoms with Gasteiger partial charge < -0.3 is 0 Å². The van der Waals surface area contributed by atoms with E-state index in [0.29, 0.717) is 0 Å². The van der Waals surface area contributed by atoms with Crippen molar-refractivity contribution in [1.82, 2.24) is 0 Å². The standard InChI is InChI=1S/C30H33.C12H9Si.2ClH.Zr/c1-20-13-14-22-15-23(21-11-9-8-10-12-21)18-27(22)28(20)24-16-25(29(2,3)4)19-26(17-24)30(5,6)7;1-3-7-11-9(5-1)10-6-2-4-8-12(10)13-11;;;/h8-19H,1-7H3;1-7H,13H2;2*1H;/q;;;;+2/p-2. The van der Waals surface area contributed by atoms with Crippen LogP contribution >= 0.6 is 17.0 Å². The van der Waals surface area contributed by atoms with E-state index in [9.17, 15) is 0 Å². The molecule has 2 aliphatic rings. The van der Waals surface area contributed by atoms with Crippen molar-refractivity contribution < 1.29 is 17.9 Å². The van der Waals surface area contributed by atoms with E-state index >= 15 is 0 Å². The Labute approximate surface area is 289 Å². The van der Waals surface area contributed by atoms with Crippen LogP contribution in [-0.2, 0) is 28.7 Å². The number of allylic oxidation sites excluding steroid dienone is 1. The number of rotatable bonds is 4. The van der Waals surface area contributed by atoms with Crippen molar-refractivity contribution in [2.75, 3.05) is 0 Å². The SMILES string of the molecule is Cc1ccc2c(c1-c1cc(C(C)(C)C)cc(C(C)(C)C)c1)C=C(c1ccccc1)[CH]2[Zr]([Cl])([Cl])[c]1cccc2c1[SiH2]c1ccccc1-2. The molecule has 1 atom stereocenters. The van der Waals surface area contributed by atoms with Crippen LogP contribution in [0.2, 0.25) is 0 Å². The summed E-state index contributed by atoms with van der Waals surface area (Å²) in [6, 6.07) is 38.3. The van der Waals surface area contributed by atoms with Crippen LogP contribution in [0, 0.1) is 6.92 Å². The molecule has 0 nitrogen and oxygen atoms in total. The van der Waals surface area contributed by atoms with Crippen molar-refractivity contribution in [1.29, 1.82) is 0 Å². The molecule has 1 aliphatic heterocycles. The molecule has 0 radical (unpaired) electrons. The monoisotopic (exact) mass is 734 g/mol. The average molecular weight is 737 g/mol. The van der Waals surface area contributed by atoms with Gasteiger partial charge in [0.15, 0.2) is 0 Å². The van der Waals surface area contributed by atoms with Gasteiger partial charge in [-0.2, -0.15) is 0 Å². The van der Waals surface area contributed by atoms with Gasteiger partial charge in [-0.1, -0.05) is 0 Å². The molecule has 7 rings (SSSR count). The molecule has 1 heterocycles. The topological polar surface area (TPSA) is 0 Å². The van der Waals surface area contributed by atoms with Gasteiger partial charge in [0.25, 0.3) is 0 Å². The summed E-state index contributed by atoms with van der Waals surface area (Å²) in [5, 5.41) is 2.96. The summed E-state index contributed by atoms with van der Waals surface area (Å²) in [6.45, 7) is 16.1. The molecular formula is C42H42Cl2SiZr. The first-order valence-electron chi connectivity index (χ1n) is 16.4. The van der Waals surface area contributed by atoms with Gasteiger partial charge in [-0.3, -0.25) is 0 Å². The van der Waals surface area contributed by atoms with E-state index in [1.165, 1.54) is 74.9 Å². The molecule has 0 bridgehead atoms. The fourth-order valence-electron chi connectivity index (χ4n) is 7.48. The van der Waals surface area contributed by atoms with Crippen molar-refractivity contribution >= 4 is 51.8 Å². The summed E-state index contributed by atoms with van der Waals surface area (Å²) in [7, 11) is 15.4. The van der Waals surface area contributed by atoms with Gasteiger partial charge in [-0.25, -0.2) is 0 Å². The molecule has 0 amide bonds. The van der Waals surface area contributed by atoms with Crippen molar-refractivity contribution in [2.45, 2.75) is 62.9 Å². The van der Waals surface area contributed by atoms with E-state index in [0.717, 1.165) is 0 Å². The number of hydrogen-bond acceptors (Lipinski definition) is 0. The Morgan fingerprint density at radius 1 is 0.652 bits per heavy atom. The predicted octanol–water partition coefficient (Wildman–Crippen LogP) is 9.74. The van der Waals surface area contributed by atoms with Gasteiger partial charge in [0, 0.05) is 0 Å². The van der Waals surface area contributed by atoms with Crippen LogP contribution in [0.25, 0.3) is 33.9 Å². The third-order valence-corrected chi connectivity index (χ3v) is 24.2. The van der Waals surface area contributed by atoms with Crippen LogP contribution in [0.5, 0.6) is 0 Å². The summed E-state index contributed by atoms with van der Waals surface area (Å²) in [6.07, 6.45) is 2.43. The second kappa shape index (κ2) is 11.6. The Morgan fingerprint density at radius 3 is 1.96 bits per heavy atom. The van der Waals surface area contributed by atoms with E-state index in [4.69, 9.17) is 17.0 Å². The first-order valence-corrected chi connectivity index (χ1v) is 26.8. The maximum atomic E-state index is 8.03. The van der Waals surface area contributed by atoms with Gasteiger partial charge in [0.2, 0.25) is 0 Å². The Hall–Kier alpha value is -2.48. The van der Waals surface area contributed by atoms with Crippen molar-refractivity contribution in [2.24, 2.45) is 0 Å². The van der Waals surface area contributed by atoms with Gasteiger partial charge in [0.1, 0.15) is 0 Å². The normalized spacial score (nSPS) is 16.3. The molecule has 0 spiro atoms. The zero-order valence-corrected chi connectivity index (χ0v) is 33.3. The van der Waals surface area contributed by atoms with Crippen LogP contribution in [-0.4, -0.2) is 9.52 Å². The first-order chi connectivity index (χ1) is 21.7. The summed E-state index contributed by atoms with van der Waals surface area (Å²) in [4.78, 5) is 0. The fourth-order valence-corrected chi connectivity index (χ4v) is 23.9. The van der Waals surface area contributed by atoms with Gasteiger partial charge in [0.05, 0.1) is 0 Å². The maximum absolute atomic E-state index is 8.03. The Morgan fingerprint density at radius 2 is 1.28 bits per heavy atom. The zero-order chi connectivity index (χ0) is 32.6. The van der Waals surface area contributed by atoms with Gasteiger partial charge >= 0.3 is 291 Å².